The van der Waals surface area contributed by atoms with Crippen molar-refractivity contribution < 1.29 is 4.74 Å². The first-order valence-corrected chi connectivity index (χ1v) is 9.40. The highest BCUT2D eigenvalue weighted by molar-refractivity contribution is 9.10. The summed E-state index contributed by atoms with van der Waals surface area (Å²) in [6, 6.07) is 17.3. The highest BCUT2D eigenvalue weighted by atomic mass is 79.9. The monoisotopic (exact) mass is 385 g/mol. The molecule has 0 unspecified atom stereocenters. The van der Waals surface area contributed by atoms with E-state index in [1.54, 1.807) is 0 Å². The summed E-state index contributed by atoms with van der Waals surface area (Å²) in [5.74, 6) is 0. The van der Waals surface area contributed by atoms with Crippen LogP contribution in [-0.4, -0.2) is 37.7 Å². The van der Waals surface area contributed by atoms with E-state index in [0.717, 1.165) is 50.2 Å². The van der Waals surface area contributed by atoms with Gasteiger partial charge in [-0.1, -0.05) is 64.5 Å². The van der Waals surface area contributed by atoms with Crippen LogP contribution in [0.2, 0.25) is 0 Å². The minimum absolute atomic E-state index is 0.883. The van der Waals surface area contributed by atoms with Crippen molar-refractivity contribution in [3.63, 3.8) is 0 Å². The molecule has 1 aliphatic heterocycles. The smallest absolute Gasteiger partial charge is 0.0594 e. The Bertz CT molecular complexity index is 643. The van der Waals surface area contributed by atoms with Crippen molar-refractivity contribution in [1.29, 1.82) is 0 Å². The van der Waals surface area contributed by atoms with Gasteiger partial charge in [-0.25, -0.2) is 0 Å². The number of benzene rings is 2. The second kappa shape index (κ2) is 9.16. The quantitative estimate of drug-likeness (QED) is 0.653. The first-order valence-electron chi connectivity index (χ1n) is 8.61. The van der Waals surface area contributed by atoms with Gasteiger partial charge in [-0.15, -0.1) is 0 Å². The van der Waals surface area contributed by atoms with Crippen LogP contribution >= 0.6 is 15.9 Å². The van der Waals surface area contributed by atoms with E-state index in [2.05, 4.69) is 81.5 Å². The molecule has 0 N–H and O–H groups in total. The Labute approximate surface area is 153 Å². The van der Waals surface area contributed by atoms with Gasteiger partial charge in [0.15, 0.2) is 0 Å². The van der Waals surface area contributed by atoms with E-state index >= 15 is 0 Å². The summed E-state index contributed by atoms with van der Waals surface area (Å²) in [5, 5.41) is 0. The maximum absolute atomic E-state index is 5.37. The Morgan fingerprint density at radius 1 is 0.875 bits per heavy atom. The number of ether oxygens (including phenoxy) is 1. The van der Waals surface area contributed by atoms with Crippen molar-refractivity contribution in [2.24, 2.45) is 0 Å². The number of halogens is 1. The van der Waals surface area contributed by atoms with Gasteiger partial charge in [-0.3, -0.25) is 4.90 Å². The van der Waals surface area contributed by atoms with E-state index < -0.39 is 0 Å². The van der Waals surface area contributed by atoms with Crippen LogP contribution in [-0.2, 0) is 11.2 Å². The fraction of sp³-hybridized carbons (Fsp3) is 0.333. The molecule has 2 nitrogen and oxygen atoms in total. The maximum atomic E-state index is 5.37. The Kier molecular flexibility index (Phi) is 6.65. The third-order valence-corrected chi connectivity index (χ3v) is 4.90. The van der Waals surface area contributed by atoms with E-state index in [1.807, 2.05) is 0 Å². The summed E-state index contributed by atoms with van der Waals surface area (Å²) in [7, 11) is 0. The normalized spacial score (nSPS) is 15.9. The molecule has 3 rings (SSSR count). The van der Waals surface area contributed by atoms with Gasteiger partial charge in [0.1, 0.15) is 0 Å². The van der Waals surface area contributed by atoms with Crippen LogP contribution < -0.4 is 0 Å². The minimum atomic E-state index is 0.883. The SMILES string of the molecule is Brc1ccc(-c2ccc(CC=CCCN3CCOCC3)cc2)cc1. The Morgan fingerprint density at radius 3 is 2.17 bits per heavy atom. The second-order valence-corrected chi connectivity index (χ2v) is 7.04. The van der Waals surface area contributed by atoms with Crippen LogP contribution in [0.5, 0.6) is 0 Å². The largest absolute Gasteiger partial charge is 0.379 e. The molecule has 126 valence electrons. The number of hydrogen-bond donors (Lipinski definition) is 0. The van der Waals surface area contributed by atoms with Gasteiger partial charge < -0.3 is 4.74 Å². The number of hydrogen-bond acceptors (Lipinski definition) is 2. The third-order valence-electron chi connectivity index (χ3n) is 4.37. The van der Waals surface area contributed by atoms with Crippen molar-refractivity contribution in [3.05, 3.63) is 70.7 Å². The molecule has 0 saturated carbocycles. The van der Waals surface area contributed by atoms with Gasteiger partial charge in [0.05, 0.1) is 13.2 Å². The zero-order valence-electron chi connectivity index (χ0n) is 14.0. The molecule has 1 saturated heterocycles. The van der Waals surface area contributed by atoms with Crippen LogP contribution in [0.25, 0.3) is 11.1 Å². The molecule has 2 aromatic carbocycles. The maximum Gasteiger partial charge on any atom is 0.0594 e. The molecule has 1 aliphatic rings. The van der Waals surface area contributed by atoms with Gasteiger partial charge >= 0.3 is 0 Å². The molecule has 3 heteroatoms. The van der Waals surface area contributed by atoms with E-state index in [-0.39, 0.29) is 0 Å². The van der Waals surface area contributed by atoms with Crippen LogP contribution in [0, 0.1) is 0 Å². The van der Waals surface area contributed by atoms with Gasteiger partial charge in [0, 0.05) is 24.1 Å². The molecule has 0 spiro atoms. The number of morpholine rings is 1. The van der Waals surface area contributed by atoms with Crippen molar-refractivity contribution in [2.75, 3.05) is 32.8 Å². The average molecular weight is 386 g/mol. The molecule has 0 amide bonds. The zero-order valence-corrected chi connectivity index (χ0v) is 15.5. The fourth-order valence-corrected chi connectivity index (χ4v) is 3.16. The topological polar surface area (TPSA) is 12.5 Å². The van der Waals surface area contributed by atoms with E-state index in [1.165, 1.54) is 16.7 Å². The zero-order chi connectivity index (χ0) is 16.6. The van der Waals surface area contributed by atoms with Crippen molar-refractivity contribution in [1.82, 2.24) is 4.90 Å². The van der Waals surface area contributed by atoms with Crippen molar-refractivity contribution in [2.45, 2.75) is 12.8 Å². The van der Waals surface area contributed by atoms with Gasteiger partial charge in [-0.2, -0.15) is 0 Å². The summed E-state index contributed by atoms with van der Waals surface area (Å²) in [4.78, 5) is 2.47. The lowest BCUT2D eigenvalue weighted by Crippen LogP contribution is -2.36. The first kappa shape index (κ1) is 17.4. The highest BCUT2D eigenvalue weighted by Gasteiger charge is 2.08. The lowest BCUT2D eigenvalue weighted by atomic mass is 10.0. The van der Waals surface area contributed by atoms with Gasteiger partial charge in [0.25, 0.3) is 0 Å². The lowest BCUT2D eigenvalue weighted by molar-refractivity contribution is 0.0387. The number of allylic oxidation sites excluding steroid dienone is 1. The predicted molar refractivity (Wildman–Crippen MR) is 104 cm³/mol. The Balaban J connectivity index is 1.45. The van der Waals surface area contributed by atoms with Gasteiger partial charge in [-0.05, 0) is 41.7 Å². The van der Waals surface area contributed by atoms with Crippen molar-refractivity contribution >= 4 is 15.9 Å². The summed E-state index contributed by atoms with van der Waals surface area (Å²) in [6.45, 7) is 5.06. The number of rotatable bonds is 6. The first-order chi connectivity index (χ1) is 11.8. The van der Waals surface area contributed by atoms with Crippen LogP contribution in [0.4, 0.5) is 0 Å². The lowest BCUT2D eigenvalue weighted by Gasteiger charge is -2.25. The summed E-state index contributed by atoms with van der Waals surface area (Å²) in [5.41, 5.74) is 3.88. The molecule has 0 atom stereocenters. The van der Waals surface area contributed by atoms with Crippen LogP contribution in [0.3, 0.4) is 0 Å². The number of nitrogens with zero attached hydrogens (tertiary/aromatic N) is 1. The second-order valence-electron chi connectivity index (χ2n) is 6.12. The summed E-state index contributed by atoms with van der Waals surface area (Å²) in [6.07, 6.45) is 6.72. The third kappa shape index (κ3) is 5.30. The molecule has 0 aliphatic carbocycles. The minimum Gasteiger partial charge on any atom is -0.379 e. The predicted octanol–water partition coefficient (Wildman–Crippen LogP) is 4.94. The standard InChI is InChI=1S/C21H24BrNO/c22-21-11-9-20(10-12-21)19-7-5-18(6-8-19)4-2-1-3-13-23-14-16-24-17-15-23/h1-2,5-12H,3-4,13-17H2. The van der Waals surface area contributed by atoms with Crippen LogP contribution in [0.15, 0.2) is 65.2 Å². The fourth-order valence-electron chi connectivity index (χ4n) is 2.89. The Hall–Kier alpha value is -1.42. The molecular weight excluding hydrogens is 362 g/mol. The average Bonchev–Trinajstić information content (AvgIpc) is 2.64. The Morgan fingerprint density at radius 2 is 1.50 bits per heavy atom. The molecular formula is C21H24BrNO. The molecule has 2 aromatic rings. The van der Waals surface area contributed by atoms with E-state index in [0.29, 0.717) is 0 Å². The van der Waals surface area contributed by atoms with Gasteiger partial charge in [0.2, 0.25) is 0 Å². The van der Waals surface area contributed by atoms with Crippen LogP contribution in [0.1, 0.15) is 12.0 Å². The van der Waals surface area contributed by atoms with E-state index in [9.17, 15) is 0 Å². The molecule has 1 heterocycles. The molecule has 0 radical (unpaired) electrons. The summed E-state index contributed by atoms with van der Waals surface area (Å²) >= 11 is 3.48. The molecule has 0 aromatic heterocycles. The van der Waals surface area contributed by atoms with E-state index in [4.69, 9.17) is 4.74 Å². The highest BCUT2D eigenvalue weighted by Crippen LogP contribution is 2.22. The summed E-state index contributed by atoms with van der Waals surface area (Å²) < 4.78 is 6.49. The molecule has 0 bridgehead atoms. The molecule has 24 heavy (non-hydrogen) atoms. The van der Waals surface area contributed by atoms with Crippen molar-refractivity contribution in [3.8, 4) is 11.1 Å². The molecule has 1 fully saturated rings.